The normalized spacial score (nSPS) is 10.0. The molecule has 3 heteroatoms. The lowest BCUT2D eigenvalue weighted by Gasteiger charge is -2.09. The minimum atomic E-state index is -0.0217. The highest BCUT2D eigenvalue weighted by Gasteiger charge is 2.06. The van der Waals surface area contributed by atoms with E-state index in [9.17, 15) is 0 Å². The first-order chi connectivity index (χ1) is 5.69. The molecule has 0 amide bonds. The van der Waals surface area contributed by atoms with Gasteiger partial charge in [0.2, 0.25) is 0 Å². The number of aryl methyl sites for hydroxylation is 1. The van der Waals surface area contributed by atoms with E-state index in [1.165, 1.54) is 0 Å². The molecule has 0 heterocycles. The number of aliphatic hydroxyl groups excluding tert-OH is 1. The van der Waals surface area contributed by atoms with E-state index in [1.54, 1.807) is 19.2 Å². The van der Waals surface area contributed by atoms with Gasteiger partial charge in [-0.3, -0.25) is 0 Å². The number of hydrogen-bond donors (Lipinski definition) is 1. The van der Waals surface area contributed by atoms with Gasteiger partial charge in [0, 0.05) is 10.6 Å². The molecule has 1 rings (SSSR count). The van der Waals surface area contributed by atoms with Crippen molar-refractivity contribution >= 4 is 11.6 Å². The van der Waals surface area contributed by atoms with Crippen molar-refractivity contribution in [2.45, 2.75) is 13.5 Å². The lowest BCUT2D eigenvalue weighted by Crippen LogP contribution is -1.94. The Morgan fingerprint density at radius 1 is 1.50 bits per heavy atom. The zero-order valence-corrected chi connectivity index (χ0v) is 7.85. The van der Waals surface area contributed by atoms with Crippen LogP contribution in [-0.2, 0) is 6.61 Å². The van der Waals surface area contributed by atoms with Gasteiger partial charge in [-0.2, -0.15) is 0 Å². The van der Waals surface area contributed by atoms with Gasteiger partial charge >= 0.3 is 0 Å². The Bertz CT molecular complexity index is 284. The second-order valence-corrected chi connectivity index (χ2v) is 3.00. The second-order valence-electron chi connectivity index (χ2n) is 2.56. The van der Waals surface area contributed by atoms with Crippen LogP contribution in [0.2, 0.25) is 5.02 Å². The molecule has 1 aromatic carbocycles. The molecule has 0 fully saturated rings. The van der Waals surface area contributed by atoms with E-state index >= 15 is 0 Å². The van der Waals surface area contributed by atoms with Crippen LogP contribution in [0.25, 0.3) is 0 Å². The summed E-state index contributed by atoms with van der Waals surface area (Å²) in [5.74, 6) is 0.641. The van der Waals surface area contributed by atoms with E-state index in [0.717, 1.165) is 11.1 Å². The van der Waals surface area contributed by atoms with Crippen LogP contribution in [0.15, 0.2) is 12.1 Å². The molecule has 1 N–H and O–H groups in total. The van der Waals surface area contributed by atoms with Crippen LogP contribution in [0, 0.1) is 6.92 Å². The number of hydrogen-bond acceptors (Lipinski definition) is 2. The van der Waals surface area contributed by atoms with Crippen molar-refractivity contribution in [2.75, 3.05) is 7.11 Å². The van der Waals surface area contributed by atoms with E-state index in [-0.39, 0.29) is 6.61 Å². The summed E-state index contributed by atoms with van der Waals surface area (Å²) in [5.41, 5.74) is 1.74. The molecule has 0 saturated heterocycles. The molecule has 0 spiro atoms. The minimum absolute atomic E-state index is 0.0217. The average Bonchev–Trinajstić information content (AvgIpc) is 2.03. The summed E-state index contributed by atoms with van der Waals surface area (Å²) in [5, 5.41) is 9.62. The van der Waals surface area contributed by atoms with Crippen LogP contribution in [0.4, 0.5) is 0 Å². The molecule has 66 valence electrons. The first kappa shape index (κ1) is 9.36. The van der Waals surface area contributed by atoms with Gasteiger partial charge in [0.25, 0.3) is 0 Å². The third-order valence-electron chi connectivity index (χ3n) is 1.77. The van der Waals surface area contributed by atoms with Crippen LogP contribution >= 0.6 is 11.6 Å². The van der Waals surface area contributed by atoms with Crippen molar-refractivity contribution in [2.24, 2.45) is 0 Å². The fourth-order valence-corrected chi connectivity index (χ4v) is 1.39. The fraction of sp³-hybridized carbons (Fsp3) is 0.333. The molecule has 0 radical (unpaired) electrons. The molecule has 1 aromatic rings. The Balaban J connectivity index is 3.24. The first-order valence-corrected chi connectivity index (χ1v) is 4.00. The third-order valence-corrected chi connectivity index (χ3v) is 1.99. The van der Waals surface area contributed by atoms with E-state index in [4.69, 9.17) is 21.4 Å². The van der Waals surface area contributed by atoms with Gasteiger partial charge in [-0.05, 0) is 24.6 Å². The maximum absolute atomic E-state index is 9.00. The lowest BCUT2D eigenvalue weighted by molar-refractivity contribution is 0.273. The number of rotatable bonds is 2. The summed E-state index contributed by atoms with van der Waals surface area (Å²) in [4.78, 5) is 0. The maximum Gasteiger partial charge on any atom is 0.126 e. The van der Waals surface area contributed by atoms with Gasteiger partial charge in [0.1, 0.15) is 5.75 Å². The average molecular weight is 187 g/mol. The van der Waals surface area contributed by atoms with Crippen LogP contribution in [-0.4, -0.2) is 12.2 Å². The van der Waals surface area contributed by atoms with Crippen LogP contribution < -0.4 is 4.74 Å². The highest BCUT2D eigenvalue weighted by molar-refractivity contribution is 6.30. The van der Waals surface area contributed by atoms with Gasteiger partial charge < -0.3 is 9.84 Å². The monoisotopic (exact) mass is 186 g/mol. The Morgan fingerprint density at radius 3 is 2.67 bits per heavy atom. The molecule has 0 aliphatic rings. The predicted molar refractivity (Wildman–Crippen MR) is 48.7 cm³/mol. The summed E-state index contributed by atoms with van der Waals surface area (Å²) >= 11 is 5.80. The van der Waals surface area contributed by atoms with Crippen molar-refractivity contribution in [1.82, 2.24) is 0 Å². The molecule has 0 aliphatic heterocycles. The van der Waals surface area contributed by atoms with E-state index in [2.05, 4.69) is 0 Å². The van der Waals surface area contributed by atoms with Crippen molar-refractivity contribution in [3.05, 3.63) is 28.3 Å². The lowest BCUT2D eigenvalue weighted by atomic mass is 10.1. The minimum Gasteiger partial charge on any atom is -0.496 e. The Kier molecular flexibility index (Phi) is 2.95. The summed E-state index contributed by atoms with van der Waals surface area (Å²) in [7, 11) is 1.56. The summed E-state index contributed by atoms with van der Waals surface area (Å²) < 4.78 is 5.05. The van der Waals surface area contributed by atoms with Gasteiger partial charge in [0.05, 0.1) is 13.7 Å². The highest BCUT2D eigenvalue weighted by atomic mass is 35.5. The van der Waals surface area contributed by atoms with Crippen molar-refractivity contribution in [1.29, 1.82) is 0 Å². The zero-order chi connectivity index (χ0) is 9.14. The van der Waals surface area contributed by atoms with Gasteiger partial charge in [-0.15, -0.1) is 0 Å². The molecule has 0 saturated carbocycles. The predicted octanol–water partition coefficient (Wildman–Crippen LogP) is 2.15. The quantitative estimate of drug-likeness (QED) is 0.767. The molecule has 0 atom stereocenters. The highest BCUT2D eigenvalue weighted by Crippen LogP contribution is 2.26. The van der Waals surface area contributed by atoms with Gasteiger partial charge in [-0.25, -0.2) is 0 Å². The summed E-state index contributed by atoms with van der Waals surface area (Å²) in [6, 6.07) is 3.50. The maximum atomic E-state index is 9.00. The van der Waals surface area contributed by atoms with Crippen molar-refractivity contribution in [3.8, 4) is 5.75 Å². The van der Waals surface area contributed by atoms with Gasteiger partial charge in [-0.1, -0.05) is 11.6 Å². The molecule has 0 bridgehead atoms. The smallest absolute Gasteiger partial charge is 0.126 e. The molecule has 0 aliphatic carbocycles. The molecule has 12 heavy (non-hydrogen) atoms. The Hall–Kier alpha value is -0.730. The van der Waals surface area contributed by atoms with Crippen molar-refractivity contribution < 1.29 is 9.84 Å². The molecular weight excluding hydrogens is 176 g/mol. The number of benzene rings is 1. The number of methoxy groups -OCH3 is 1. The van der Waals surface area contributed by atoms with Crippen molar-refractivity contribution in [3.63, 3.8) is 0 Å². The van der Waals surface area contributed by atoms with E-state index in [0.29, 0.717) is 10.8 Å². The molecule has 2 nitrogen and oxygen atoms in total. The standard InChI is InChI=1S/C9H11ClO2/c1-6-3-7(10)4-9(12-2)8(6)5-11/h3-4,11H,5H2,1-2H3. The second kappa shape index (κ2) is 3.78. The SMILES string of the molecule is COc1cc(Cl)cc(C)c1CO. The third kappa shape index (κ3) is 1.71. The molecule has 0 aromatic heterocycles. The van der Waals surface area contributed by atoms with E-state index in [1.807, 2.05) is 6.92 Å². The van der Waals surface area contributed by atoms with Crippen LogP contribution in [0.1, 0.15) is 11.1 Å². The zero-order valence-electron chi connectivity index (χ0n) is 7.10. The summed E-state index contributed by atoms with van der Waals surface area (Å²) in [6.45, 7) is 1.87. The Morgan fingerprint density at radius 2 is 2.17 bits per heavy atom. The molecule has 0 unspecified atom stereocenters. The Labute approximate surface area is 76.7 Å². The number of halogens is 1. The van der Waals surface area contributed by atoms with Crippen LogP contribution in [0.3, 0.4) is 0 Å². The first-order valence-electron chi connectivity index (χ1n) is 3.63. The number of aliphatic hydroxyl groups is 1. The largest absolute Gasteiger partial charge is 0.496 e. The van der Waals surface area contributed by atoms with E-state index < -0.39 is 0 Å². The number of ether oxygens (including phenoxy) is 1. The summed E-state index contributed by atoms with van der Waals surface area (Å²) in [6.07, 6.45) is 0. The fourth-order valence-electron chi connectivity index (χ4n) is 1.13. The van der Waals surface area contributed by atoms with Gasteiger partial charge in [0.15, 0.2) is 0 Å². The van der Waals surface area contributed by atoms with Crippen LogP contribution in [0.5, 0.6) is 5.75 Å². The topological polar surface area (TPSA) is 29.5 Å². The molecular formula is C9H11ClO2.